The van der Waals surface area contributed by atoms with Gasteiger partial charge in [0.05, 0.1) is 0 Å². The number of rotatable bonds is 4. The third-order valence-electron chi connectivity index (χ3n) is 2.43. The van der Waals surface area contributed by atoms with Gasteiger partial charge in [0, 0.05) is 16.6 Å². The summed E-state index contributed by atoms with van der Waals surface area (Å²) in [5.74, 6) is -0.747. The van der Waals surface area contributed by atoms with Crippen LogP contribution in [0.4, 0.5) is 5.69 Å². The Labute approximate surface area is 103 Å². The van der Waals surface area contributed by atoms with E-state index in [0.717, 1.165) is 17.7 Å². The molecule has 1 heterocycles. The molecular formula is C11H14N2O3S. The van der Waals surface area contributed by atoms with Crippen molar-refractivity contribution in [1.29, 1.82) is 0 Å². The molecule has 17 heavy (non-hydrogen) atoms. The van der Waals surface area contributed by atoms with Crippen LogP contribution in [0.15, 0.2) is 6.07 Å². The van der Waals surface area contributed by atoms with Gasteiger partial charge in [0.25, 0.3) is 5.91 Å². The number of aryl methyl sites for hydroxylation is 1. The summed E-state index contributed by atoms with van der Waals surface area (Å²) in [7, 11) is 0. The molecule has 1 aliphatic rings. The molecule has 0 unspecified atom stereocenters. The Morgan fingerprint density at radius 1 is 1.59 bits per heavy atom. The van der Waals surface area contributed by atoms with E-state index >= 15 is 0 Å². The monoisotopic (exact) mass is 254 g/mol. The average molecular weight is 254 g/mol. The molecule has 1 fully saturated rings. The number of nitrogens with one attached hydrogen (secondary N) is 1. The summed E-state index contributed by atoms with van der Waals surface area (Å²) in [5, 5.41) is 2.74. The standard InChI is InChI=1S/C11H14N2O3S/c1-6-8(12)4-9(17-6)11(15)16-5-10(14)13-7-2-3-7/h4,7H,2-3,5,12H2,1H3,(H,13,14). The zero-order valence-corrected chi connectivity index (χ0v) is 10.3. The summed E-state index contributed by atoms with van der Waals surface area (Å²) in [4.78, 5) is 24.2. The first-order valence-electron chi connectivity index (χ1n) is 5.38. The van der Waals surface area contributed by atoms with Crippen molar-refractivity contribution in [2.75, 3.05) is 12.3 Å². The summed E-state index contributed by atoms with van der Waals surface area (Å²) in [6.07, 6.45) is 2.03. The number of carbonyl (C=O) groups excluding carboxylic acids is 2. The second kappa shape index (κ2) is 4.75. The molecule has 0 atom stereocenters. The molecule has 0 spiro atoms. The number of hydrogen-bond acceptors (Lipinski definition) is 5. The van der Waals surface area contributed by atoms with Gasteiger partial charge in [-0.15, -0.1) is 11.3 Å². The quantitative estimate of drug-likeness (QED) is 0.788. The molecule has 5 nitrogen and oxygen atoms in total. The van der Waals surface area contributed by atoms with Gasteiger partial charge in [-0.1, -0.05) is 0 Å². The Morgan fingerprint density at radius 3 is 2.82 bits per heavy atom. The number of esters is 1. The molecule has 92 valence electrons. The summed E-state index contributed by atoms with van der Waals surface area (Å²) >= 11 is 1.27. The van der Waals surface area contributed by atoms with Crippen LogP contribution in [0.1, 0.15) is 27.4 Å². The van der Waals surface area contributed by atoms with E-state index < -0.39 is 5.97 Å². The van der Waals surface area contributed by atoms with Crippen molar-refractivity contribution >= 4 is 28.9 Å². The Hall–Kier alpha value is -1.56. The van der Waals surface area contributed by atoms with Gasteiger partial charge in [-0.05, 0) is 25.8 Å². The molecule has 0 aliphatic heterocycles. The van der Waals surface area contributed by atoms with E-state index in [9.17, 15) is 9.59 Å². The van der Waals surface area contributed by atoms with Crippen LogP contribution in [-0.2, 0) is 9.53 Å². The Bertz CT molecular complexity index is 432. The molecule has 0 radical (unpaired) electrons. The molecule has 2 rings (SSSR count). The fraction of sp³-hybridized carbons (Fsp3) is 0.455. The van der Waals surface area contributed by atoms with Crippen LogP contribution < -0.4 is 11.1 Å². The van der Waals surface area contributed by atoms with Gasteiger partial charge in [-0.25, -0.2) is 4.79 Å². The summed E-state index contributed by atoms with van der Waals surface area (Å²) in [6.45, 7) is 1.60. The lowest BCUT2D eigenvalue weighted by Crippen LogP contribution is -2.30. The van der Waals surface area contributed by atoms with Crippen LogP contribution in [0.5, 0.6) is 0 Å². The normalized spacial score (nSPS) is 14.4. The Morgan fingerprint density at radius 2 is 2.29 bits per heavy atom. The molecule has 0 bridgehead atoms. The van der Waals surface area contributed by atoms with E-state index in [1.54, 1.807) is 6.07 Å². The van der Waals surface area contributed by atoms with Crippen molar-refractivity contribution in [3.63, 3.8) is 0 Å². The van der Waals surface area contributed by atoms with E-state index in [0.29, 0.717) is 10.6 Å². The zero-order valence-electron chi connectivity index (χ0n) is 9.49. The number of ether oxygens (including phenoxy) is 1. The first kappa shape index (κ1) is 11.9. The van der Waals surface area contributed by atoms with E-state index in [-0.39, 0.29) is 18.6 Å². The molecule has 1 aromatic rings. The van der Waals surface area contributed by atoms with Gasteiger partial charge in [0.15, 0.2) is 6.61 Å². The fourth-order valence-electron chi connectivity index (χ4n) is 1.30. The number of thiophene rings is 1. The van der Waals surface area contributed by atoms with Crippen LogP contribution in [0, 0.1) is 6.92 Å². The minimum Gasteiger partial charge on any atom is -0.451 e. The number of carbonyl (C=O) groups is 2. The van der Waals surface area contributed by atoms with Gasteiger partial charge >= 0.3 is 5.97 Å². The number of nitrogens with two attached hydrogens (primary N) is 1. The largest absolute Gasteiger partial charge is 0.451 e. The van der Waals surface area contributed by atoms with Gasteiger partial charge in [0.1, 0.15) is 4.88 Å². The fourth-order valence-corrected chi connectivity index (χ4v) is 2.13. The minimum atomic E-state index is -0.499. The minimum absolute atomic E-state index is 0.230. The van der Waals surface area contributed by atoms with Crippen molar-refractivity contribution in [3.05, 3.63) is 15.8 Å². The van der Waals surface area contributed by atoms with Crippen LogP contribution in [0.2, 0.25) is 0 Å². The molecule has 1 saturated carbocycles. The third kappa shape index (κ3) is 3.20. The first-order chi connectivity index (χ1) is 8.06. The predicted octanol–water partition coefficient (Wildman–Crippen LogP) is 1.07. The molecular weight excluding hydrogens is 240 g/mol. The first-order valence-corrected chi connectivity index (χ1v) is 6.20. The highest BCUT2D eigenvalue weighted by Gasteiger charge is 2.23. The van der Waals surface area contributed by atoms with E-state index in [4.69, 9.17) is 10.5 Å². The lowest BCUT2D eigenvalue weighted by Gasteiger charge is -2.03. The number of anilines is 1. The molecule has 3 N–H and O–H groups in total. The summed E-state index contributed by atoms with van der Waals surface area (Å²) in [5.41, 5.74) is 6.21. The summed E-state index contributed by atoms with van der Waals surface area (Å²) < 4.78 is 4.89. The van der Waals surface area contributed by atoms with E-state index in [1.807, 2.05) is 6.92 Å². The predicted molar refractivity (Wildman–Crippen MR) is 64.9 cm³/mol. The second-order valence-electron chi connectivity index (χ2n) is 4.04. The van der Waals surface area contributed by atoms with Gasteiger partial charge in [0.2, 0.25) is 0 Å². The van der Waals surface area contributed by atoms with Gasteiger partial charge in [-0.2, -0.15) is 0 Å². The number of nitrogen functional groups attached to an aromatic ring is 1. The molecule has 1 aliphatic carbocycles. The third-order valence-corrected chi connectivity index (χ3v) is 3.48. The average Bonchev–Trinajstić information content (AvgIpc) is 3.02. The molecule has 1 amide bonds. The van der Waals surface area contributed by atoms with Crippen LogP contribution >= 0.6 is 11.3 Å². The SMILES string of the molecule is Cc1sc(C(=O)OCC(=O)NC2CC2)cc1N. The second-order valence-corrected chi connectivity index (χ2v) is 5.30. The molecule has 0 aromatic carbocycles. The van der Waals surface area contributed by atoms with Crippen molar-refractivity contribution in [2.45, 2.75) is 25.8 Å². The lowest BCUT2D eigenvalue weighted by molar-refractivity contribution is -0.124. The highest BCUT2D eigenvalue weighted by atomic mass is 32.1. The van der Waals surface area contributed by atoms with E-state index in [1.165, 1.54) is 11.3 Å². The maximum atomic E-state index is 11.6. The van der Waals surface area contributed by atoms with Gasteiger partial charge in [-0.3, -0.25) is 4.79 Å². The topological polar surface area (TPSA) is 81.4 Å². The van der Waals surface area contributed by atoms with Crippen LogP contribution in [-0.4, -0.2) is 24.5 Å². The molecule has 6 heteroatoms. The van der Waals surface area contributed by atoms with Gasteiger partial charge < -0.3 is 15.8 Å². The molecule has 1 aromatic heterocycles. The highest BCUT2D eigenvalue weighted by Crippen LogP contribution is 2.24. The lowest BCUT2D eigenvalue weighted by atomic mass is 10.4. The van der Waals surface area contributed by atoms with Crippen molar-refractivity contribution in [3.8, 4) is 0 Å². The zero-order chi connectivity index (χ0) is 12.4. The van der Waals surface area contributed by atoms with Crippen molar-refractivity contribution in [2.24, 2.45) is 0 Å². The number of amides is 1. The Balaban J connectivity index is 1.81. The maximum Gasteiger partial charge on any atom is 0.348 e. The van der Waals surface area contributed by atoms with Crippen LogP contribution in [0.25, 0.3) is 0 Å². The van der Waals surface area contributed by atoms with Crippen molar-refractivity contribution in [1.82, 2.24) is 5.32 Å². The maximum absolute atomic E-state index is 11.6. The van der Waals surface area contributed by atoms with Crippen molar-refractivity contribution < 1.29 is 14.3 Å². The highest BCUT2D eigenvalue weighted by molar-refractivity contribution is 7.14. The molecule has 0 saturated heterocycles. The Kier molecular flexibility index (Phi) is 3.33. The summed E-state index contributed by atoms with van der Waals surface area (Å²) in [6, 6.07) is 1.85. The smallest absolute Gasteiger partial charge is 0.348 e. The van der Waals surface area contributed by atoms with E-state index in [2.05, 4.69) is 5.32 Å². The van der Waals surface area contributed by atoms with Crippen LogP contribution in [0.3, 0.4) is 0 Å². The number of hydrogen-bond donors (Lipinski definition) is 2.